The first-order chi connectivity index (χ1) is 17.2. The first-order valence-electron chi connectivity index (χ1n) is 11.5. The number of anilines is 1. The summed E-state index contributed by atoms with van der Waals surface area (Å²) >= 11 is 0. The normalized spacial score (nSPS) is 11.2. The molecule has 0 saturated heterocycles. The van der Waals surface area contributed by atoms with Crippen LogP contribution in [0.25, 0.3) is 16.8 Å². The first kappa shape index (κ1) is 23.9. The maximum Gasteiger partial charge on any atom is 0.337 e. The fourth-order valence-electron chi connectivity index (χ4n) is 3.82. The summed E-state index contributed by atoms with van der Waals surface area (Å²) in [6.45, 7) is 1.20. The number of methoxy groups -OCH3 is 2. The van der Waals surface area contributed by atoms with Crippen molar-refractivity contribution in [2.24, 2.45) is 0 Å². The summed E-state index contributed by atoms with van der Waals surface area (Å²) in [5.74, 6) is 1.36. The van der Waals surface area contributed by atoms with E-state index in [-0.39, 0.29) is 5.97 Å². The molecule has 0 saturated carbocycles. The van der Waals surface area contributed by atoms with Gasteiger partial charge in [-0.25, -0.2) is 4.79 Å². The van der Waals surface area contributed by atoms with Gasteiger partial charge in [0.1, 0.15) is 11.5 Å². The van der Waals surface area contributed by atoms with Crippen LogP contribution >= 0.6 is 0 Å². The van der Waals surface area contributed by atoms with Crippen molar-refractivity contribution in [2.75, 3.05) is 32.7 Å². The Hall–Kier alpha value is -4.25. The van der Waals surface area contributed by atoms with Gasteiger partial charge in [-0.2, -0.15) is 0 Å². The molecule has 178 valence electrons. The summed E-state index contributed by atoms with van der Waals surface area (Å²) in [6, 6.07) is 29.6. The molecule has 0 spiro atoms. The number of esters is 1. The van der Waals surface area contributed by atoms with Crippen LogP contribution < -0.4 is 14.8 Å². The van der Waals surface area contributed by atoms with E-state index in [0.29, 0.717) is 18.7 Å². The lowest BCUT2D eigenvalue weighted by atomic mass is 10.1. The van der Waals surface area contributed by atoms with Crippen molar-refractivity contribution in [3.05, 3.63) is 108 Å². The van der Waals surface area contributed by atoms with Gasteiger partial charge in [-0.3, -0.25) is 0 Å². The molecule has 0 unspecified atom stereocenters. The van der Waals surface area contributed by atoms with Crippen LogP contribution in [0.15, 0.2) is 96.6 Å². The molecule has 0 bridgehead atoms. The van der Waals surface area contributed by atoms with Crippen LogP contribution in [-0.4, -0.2) is 33.3 Å². The standard InChI is InChI=1S/C30H29NO4/c1-33-27-16-14-26(15-17-27)31-21-23(20-22-10-12-25(13-11-22)30(32)34-2)18-19-35-29-9-5-7-24-6-3-4-8-28(24)29/h3-17,20,31H,18-19,21H2,1-2H3. The quantitative estimate of drug-likeness (QED) is 0.266. The van der Waals surface area contributed by atoms with Crippen molar-refractivity contribution >= 4 is 28.5 Å². The molecule has 0 aliphatic rings. The molecule has 1 N–H and O–H groups in total. The molecule has 0 fully saturated rings. The topological polar surface area (TPSA) is 56.8 Å². The summed E-state index contributed by atoms with van der Waals surface area (Å²) in [7, 11) is 3.04. The Morgan fingerprint density at radius 3 is 2.34 bits per heavy atom. The minimum Gasteiger partial charge on any atom is -0.497 e. The molecule has 0 aromatic heterocycles. The molecule has 4 rings (SSSR count). The van der Waals surface area contributed by atoms with Gasteiger partial charge < -0.3 is 19.5 Å². The predicted octanol–water partition coefficient (Wildman–Crippen LogP) is 6.60. The second-order valence-electron chi connectivity index (χ2n) is 8.07. The van der Waals surface area contributed by atoms with Crippen LogP contribution in [0.3, 0.4) is 0 Å². The van der Waals surface area contributed by atoms with Gasteiger partial charge in [0.15, 0.2) is 0 Å². The van der Waals surface area contributed by atoms with Gasteiger partial charge in [0.05, 0.1) is 26.4 Å². The van der Waals surface area contributed by atoms with E-state index >= 15 is 0 Å². The summed E-state index contributed by atoms with van der Waals surface area (Å²) in [5, 5.41) is 5.75. The van der Waals surface area contributed by atoms with Gasteiger partial charge >= 0.3 is 5.97 Å². The molecule has 5 heteroatoms. The van der Waals surface area contributed by atoms with Crippen molar-refractivity contribution < 1.29 is 19.0 Å². The fourth-order valence-corrected chi connectivity index (χ4v) is 3.82. The molecule has 4 aromatic rings. The van der Waals surface area contributed by atoms with Crippen molar-refractivity contribution in [1.29, 1.82) is 0 Å². The highest BCUT2D eigenvalue weighted by molar-refractivity contribution is 5.89. The summed E-state index contributed by atoms with van der Waals surface area (Å²) in [6.07, 6.45) is 2.87. The minimum atomic E-state index is -0.342. The summed E-state index contributed by atoms with van der Waals surface area (Å²) < 4.78 is 16.2. The van der Waals surface area contributed by atoms with E-state index in [9.17, 15) is 4.79 Å². The third-order valence-corrected chi connectivity index (χ3v) is 5.74. The maximum atomic E-state index is 11.7. The Morgan fingerprint density at radius 2 is 1.60 bits per heavy atom. The van der Waals surface area contributed by atoms with Crippen LogP contribution in [0.4, 0.5) is 5.69 Å². The molecule has 0 radical (unpaired) electrons. The van der Waals surface area contributed by atoms with Crippen LogP contribution in [0.2, 0.25) is 0 Å². The van der Waals surface area contributed by atoms with Crippen molar-refractivity contribution in [1.82, 2.24) is 0 Å². The summed E-state index contributed by atoms with van der Waals surface area (Å²) in [4.78, 5) is 11.7. The number of carbonyl (C=O) groups excluding carboxylic acids is 1. The first-order valence-corrected chi connectivity index (χ1v) is 11.5. The molecule has 4 aromatic carbocycles. The van der Waals surface area contributed by atoms with Crippen LogP contribution in [0.5, 0.6) is 11.5 Å². The van der Waals surface area contributed by atoms with E-state index in [2.05, 4.69) is 29.6 Å². The van der Waals surface area contributed by atoms with Crippen LogP contribution in [0, 0.1) is 0 Å². The van der Waals surface area contributed by atoms with Gasteiger partial charge in [0.25, 0.3) is 0 Å². The highest BCUT2D eigenvalue weighted by Crippen LogP contribution is 2.26. The lowest BCUT2D eigenvalue weighted by Gasteiger charge is -2.14. The fraction of sp³-hybridized carbons (Fsp3) is 0.167. The highest BCUT2D eigenvalue weighted by Gasteiger charge is 2.06. The van der Waals surface area contributed by atoms with E-state index in [1.165, 1.54) is 12.7 Å². The molecule has 0 aliphatic carbocycles. The second-order valence-corrected chi connectivity index (χ2v) is 8.07. The Morgan fingerprint density at radius 1 is 0.857 bits per heavy atom. The average Bonchev–Trinajstić information content (AvgIpc) is 2.92. The van der Waals surface area contributed by atoms with Crippen molar-refractivity contribution in [3.8, 4) is 11.5 Å². The van der Waals surface area contributed by atoms with E-state index in [4.69, 9.17) is 14.2 Å². The number of hydrogen-bond acceptors (Lipinski definition) is 5. The molecule has 0 atom stereocenters. The number of nitrogens with one attached hydrogen (secondary N) is 1. The van der Waals surface area contributed by atoms with Gasteiger partial charge in [-0.05, 0) is 59.0 Å². The monoisotopic (exact) mass is 467 g/mol. The molecule has 35 heavy (non-hydrogen) atoms. The zero-order valence-corrected chi connectivity index (χ0v) is 20.0. The number of fused-ring (bicyclic) bond motifs is 1. The molecule has 0 aliphatic heterocycles. The zero-order valence-electron chi connectivity index (χ0n) is 20.0. The predicted molar refractivity (Wildman–Crippen MR) is 141 cm³/mol. The molecule has 5 nitrogen and oxygen atoms in total. The van der Waals surface area contributed by atoms with Gasteiger partial charge in [0, 0.05) is 24.0 Å². The molecule has 0 heterocycles. The zero-order chi connectivity index (χ0) is 24.5. The van der Waals surface area contributed by atoms with Crippen LogP contribution in [-0.2, 0) is 4.74 Å². The van der Waals surface area contributed by atoms with E-state index in [1.807, 2.05) is 60.7 Å². The Labute approximate surface area is 206 Å². The Bertz CT molecular complexity index is 1290. The van der Waals surface area contributed by atoms with E-state index in [0.717, 1.165) is 39.9 Å². The number of benzene rings is 4. The number of rotatable bonds is 10. The third kappa shape index (κ3) is 6.42. The van der Waals surface area contributed by atoms with Crippen LogP contribution in [0.1, 0.15) is 22.3 Å². The SMILES string of the molecule is COC(=O)c1ccc(C=C(CCOc2cccc3ccccc23)CNc2ccc(OC)cc2)cc1. The second kappa shape index (κ2) is 11.7. The third-order valence-electron chi connectivity index (χ3n) is 5.74. The van der Waals surface area contributed by atoms with Gasteiger partial charge in [-0.1, -0.05) is 54.6 Å². The van der Waals surface area contributed by atoms with Gasteiger partial charge in [-0.15, -0.1) is 0 Å². The molecule has 0 amide bonds. The summed E-state index contributed by atoms with van der Waals surface area (Å²) in [5.41, 5.74) is 3.72. The van der Waals surface area contributed by atoms with Crippen molar-refractivity contribution in [3.63, 3.8) is 0 Å². The lowest BCUT2D eigenvalue weighted by molar-refractivity contribution is 0.0600. The van der Waals surface area contributed by atoms with E-state index in [1.54, 1.807) is 19.2 Å². The Balaban J connectivity index is 1.48. The smallest absolute Gasteiger partial charge is 0.337 e. The van der Waals surface area contributed by atoms with Gasteiger partial charge in [0.2, 0.25) is 0 Å². The lowest BCUT2D eigenvalue weighted by Crippen LogP contribution is -2.09. The number of carbonyl (C=O) groups is 1. The molecular weight excluding hydrogens is 438 g/mol. The minimum absolute atomic E-state index is 0.342. The van der Waals surface area contributed by atoms with E-state index < -0.39 is 0 Å². The number of ether oxygens (including phenoxy) is 3. The largest absolute Gasteiger partial charge is 0.497 e. The number of hydrogen-bond donors (Lipinski definition) is 1. The Kier molecular flexibility index (Phi) is 8.02. The molecular formula is C30H29NO4. The highest BCUT2D eigenvalue weighted by atomic mass is 16.5. The van der Waals surface area contributed by atoms with Crippen molar-refractivity contribution in [2.45, 2.75) is 6.42 Å². The average molecular weight is 468 g/mol. The maximum absolute atomic E-state index is 11.7.